The summed E-state index contributed by atoms with van der Waals surface area (Å²) in [4.78, 5) is 30.7. The van der Waals surface area contributed by atoms with E-state index in [0.717, 1.165) is 12.1 Å². The molecule has 0 unspecified atom stereocenters. The van der Waals surface area contributed by atoms with E-state index >= 15 is 0 Å². The van der Waals surface area contributed by atoms with Crippen molar-refractivity contribution >= 4 is 23.2 Å². The number of aromatic nitrogens is 1. The average Bonchev–Trinajstić information content (AvgIpc) is 2.72. The number of pyridine rings is 1. The fourth-order valence-electron chi connectivity index (χ4n) is 2.69. The van der Waals surface area contributed by atoms with Crippen LogP contribution in [0.1, 0.15) is 27.8 Å². The summed E-state index contributed by atoms with van der Waals surface area (Å²) in [5, 5.41) is 2.16. The van der Waals surface area contributed by atoms with Gasteiger partial charge in [0, 0.05) is 24.0 Å². The van der Waals surface area contributed by atoms with Crippen molar-refractivity contribution in [3.05, 3.63) is 89.8 Å². The van der Waals surface area contributed by atoms with Crippen LogP contribution in [0.2, 0.25) is 0 Å². The van der Waals surface area contributed by atoms with Crippen molar-refractivity contribution in [1.82, 2.24) is 4.98 Å². The smallest absolute Gasteiger partial charge is 0.274 e. The number of nitrogens with one attached hydrogen (secondary N) is 1. The van der Waals surface area contributed by atoms with Gasteiger partial charge in [-0.05, 0) is 43.3 Å². The number of amides is 2. The normalized spacial score (nSPS) is 10.4. The molecule has 0 saturated heterocycles. The summed E-state index contributed by atoms with van der Waals surface area (Å²) in [6.07, 6.45) is 1.30. The highest BCUT2D eigenvalue weighted by molar-refractivity contribution is 6.08. The molecule has 2 aromatic carbocycles. The monoisotopic (exact) mass is 381 g/mol. The number of halogens is 2. The van der Waals surface area contributed by atoms with E-state index in [1.807, 2.05) is 25.1 Å². The highest BCUT2D eigenvalue weighted by Crippen LogP contribution is 2.20. The van der Waals surface area contributed by atoms with Crippen LogP contribution in [-0.2, 0) is 0 Å². The Morgan fingerprint density at radius 3 is 2.32 bits per heavy atom. The minimum Gasteiger partial charge on any atom is -0.316 e. The van der Waals surface area contributed by atoms with Crippen molar-refractivity contribution in [3.63, 3.8) is 0 Å². The van der Waals surface area contributed by atoms with E-state index in [1.54, 1.807) is 17.0 Å². The summed E-state index contributed by atoms with van der Waals surface area (Å²) in [6, 6.07) is 15.1. The Labute approximate surface area is 160 Å². The predicted molar refractivity (Wildman–Crippen MR) is 102 cm³/mol. The summed E-state index contributed by atoms with van der Waals surface area (Å²) in [6.45, 7) is 2.26. The molecule has 0 bridgehead atoms. The number of carbonyl (C=O) groups excluding carboxylic acids is 2. The lowest BCUT2D eigenvalue weighted by Gasteiger charge is -2.21. The number of anilines is 2. The van der Waals surface area contributed by atoms with Crippen LogP contribution in [0.25, 0.3) is 0 Å². The van der Waals surface area contributed by atoms with E-state index in [2.05, 4.69) is 10.3 Å². The van der Waals surface area contributed by atoms with Crippen LogP contribution in [0.5, 0.6) is 0 Å². The molecule has 0 aliphatic rings. The Kier molecular flexibility index (Phi) is 5.74. The molecule has 1 N–H and O–H groups in total. The third-order valence-corrected chi connectivity index (χ3v) is 4.07. The van der Waals surface area contributed by atoms with Gasteiger partial charge in [-0.2, -0.15) is 0 Å². The highest BCUT2D eigenvalue weighted by Gasteiger charge is 2.19. The maximum Gasteiger partial charge on any atom is 0.274 e. The van der Waals surface area contributed by atoms with Crippen LogP contribution >= 0.6 is 0 Å². The topological polar surface area (TPSA) is 62.3 Å². The molecule has 2 amide bonds. The van der Waals surface area contributed by atoms with Crippen LogP contribution in [0, 0.1) is 11.6 Å². The fraction of sp³-hybridized carbons (Fsp3) is 0.0952. The fourth-order valence-corrected chi connectivity index (χ4v) is 2.69. The van der Waals surface area contributed by atoms with E-state index < -0.39 is 23.2 Å². The molecule has 142 valence electrons. The molecule has 3 rings (SSSR count). The second-order valence-corrected chi connectivity index (χ2v) is 5.87. The third kappa shape index (κ3) is 4.03. The second-order valence-electron chi connectivity index (χ2n) is 5.87. The van der Waals surface area contributed by atoms with Crippen LogP contribution in [-0.4, -0.2) is 23.3 Å². The minimum atomic E-state index is -0.901. The Hall–Kier alpha value is -3.61. The van der Waals surface area contributed by atoms with Crippen LogP contribution in [0.4, 0.5) is 20.2 Å². The Bertz CT molecular complexity index is 989. The number of carbonyl (C=O) groups is 2. The number of benzene rings is 2. The largest absolute Gasteiger partial charge is 0.316 e. The molecule has 1 aromatic heterocycles. The van der Waals surface area contributed by atoms with E-state index in [9.17, 15) is 18.4 Å². The number of hydrogen-bond acceptors (Lipinski definition) is 3. The number of nitrogens with zero attached hydrogens (tertiary/aromatic N) is 2. The van der Waals surface area contributed by atoms with Gasteiger partial charge >= 0.3 is 0 Å². The first kappa shape index (κ1) is 19.2. The van der Waals surface area contributed by atoms with Crippen molar-refractivity contribution < 1.29 is 18.4 Å². The zero-order valence-electron chi connectivity index (χ0n) is 15.0. The standard InChI is InChI=1S/C21H17F2N3O2/c1-2-26(15-7-4-3-5-8-15)21(28)14-11-12-24-18(13-14)20(27)25-19-16(22)9-6-10-17(19)23/h3-13H,2H2,1H3,(H,25,27). The van der Waals surface area contributed by atoms with Crippen molar-refractivity contribution in [3.8, 4) is 0 Å². The lowest BCUT2D eigenvalue weighted by molar-refractivity contribution is 0.0988. The molecule has 0 radical (unpaired) electrons. The number of rotatable bonds is 5. The van der Waals surface area contributed by atoms with Crippen LogP contribution in [0.3, 0.4) is 0 Å². The molecule has 0 aliphatic heterocycles. The summed E-state index contributed by atoms with van der Waals surface area (Å²) >= 11 is 0. The zero-order valence-corrected chi connectivity index (χ0v) is 15.0. The van der Waals surface area contributed by atoms with E-state index in [0.29, 0.717) is 12.2 Å². The van der Waals surface area contributed by atoms with Crippen molar-refractivity contribution in [2.24, 2.45) is 0 Å². The lowest BCUT2D eigenvalue weighted by atomic mass is 10.1. The second kappa shape index (κ2) is 8.39. The molecule has 5 nitrogen and oxygen atoms in total. The summed E-state index contributed by atoms with van der Waals surface area (Å²) in [5.74, 6) is -2.94. The van der Waals surface area contributed by atoms with Gasteiger partial charge in [-0.1, -0.05) is 24.3 Å². The van der Waals surface area contributed by atoms with E-state index in [4.69, 9.17) is 0 Å². The molecule has 7 heteroatoms. The van der Waals surface area contributed by atoms with E-state index in [-0.39, 0.29) is 17.2 Å². The van der Waals surface area contributed by atoms with Gasteiger partial charge in [0.15, 0.2) is 0 Å². The third-order valence-electron chi connectivity index (χ3n) is 4.07. The minimum absolute atomic E-state index is 0.127. The Balaban J connectivity index is 1.85. The molecular formula is C21H17F2N3O2. The van der Waals surface area contributed by atoms with Gasteiger partial charge in [-0.15, -0.1) is 0 Å². The van der Waals surface area contributed by atoms with Gasteiger partial charge in [-0.3, -0.25) is 14.6 Å². The molecule has 0 fully saturated rings. The van der Waals surface area contributed by atoms with Gasteiger partial charge in [0.05, 0.1) is 0 Å². The number of para-hydroxylation sites is 2. The average molecular weight is 381 g/mol. The Morgan fingerprint density at radius 2 is 1.68 bits per heavy atom. The first-order chi connectivity index (χ1) is 13.5. The summed E-state index contributed by atoms with van der Waals surface area (Å²) in [7, 11) is 0. The molecule has 28 heavy (non-hydrogen) atoms. The molecule has 3 aromatic rings. The quantitative estimate of drug-likeness (QED) is 0.718. The Morgan fingerprint density at radius 1 is 1.00 bits per heavy atom. The molecule has 0 saturated carbocycles. The molecule has 1 heterocycles. The molecule has 0 atom stereocenters. The SMILES string of the molecule is CCN(C(=O)c1ccnc(C(=O)Nc2c(F)cccc2F)c1)c1ccccc1. The van der Waals surface area contributed by atoms with Crippen molar-refractivity contribution in [2.75, 3.05) is 16.8 Å². The number of hydrogen-bond donors (Lipinski definition) is 1. The van der Waals surface area contributed by atoms with Crippen LogP contribution < -0.4 is 10.2 Å². The zero-order chi connectivity index (χ0) is 20.1. The first-order valence-corrected chi connectivity index (χ1v) is 8.59. The molecule has 0 aliphatic carbocycles. The maximum absolute atomic E-state index is 13.7. The van der Waals surface area contributed by atoms with Gasteiger partial charge in [0.1, 0.15) is 23.0 Å². The summed E-state index contributed by atoms with van der Waals surface area (Å²) in [5.41, 5.74) is 0.259. The van der Waals surface area contributed by atoms with Crippen molar-refractivity contribution in [2.45, 2.75) is 6.92 Å². The highest BCUT2D eigenvalue weighted by atomic mass is 19.1. The lowest BCUT2D eigenvalue weighted by Crippen LogP contribution is -2.31. The van der Waals surface area contributed by atoms with Crippen LogP contribution in [0.15, 0.2) is 66.9 Å². The molecule has 0 spiro atoms. The summed E-state index contributed by atoms with van der Waals surface area (Å²) < 4.78 is 27.5. The van der Waals surface area contributed by atoms with Gasteiger partial charge in [0.2, 0.25) is 0 Å². The predicted octanol–water partition coefficient (Wildman–Crippen LogP) is 4.28. The van der Waals surface area contributed by atoms with Gasteiger partial charge in [0.25, 0.3) is 11.8 Å². The van der Waals surface area contributed by atoms with Gasteiger partial charge < -0.3 is 10.2 Å². The van der Waals surface area contributed by atoms with Crippen molar-refractivity contribution in [1.29, 1.82) is 0 Å². The molecular weight excluding hydrogens is 364 g/mol. The first-order valence-electron chi connectivity index (χ1n) is 8.59. The maximum atomic E-state index is 13.7. The van der Waals surface area contributed by atoms with Gasteiger partial charge in [-0.25, -0.2) is 8.78 Å². The van der Waals surface area contributed by atoms with E-state index in [1.165, 1.54) is 24.4 Å².